The fourth-order valence-electron chi connectivity index (χ4n) is 2.49. The zero-order valence-electron chi connectivity index (χ0n) is 14.3. The number of hydrogen-bond donors (Lipinski definition) is 1. The predicted octanol–water partition coefficient (Wildman–Crippen LogP) is 2.94. The Balaban J connectivity index is 1.51. The Hall–Kier alpha value is -2.16. The predicted molar refractivity (Wildman–Crippen MR) is 111 cm³/mol. The van der Waals surface area contributed by atoms with Crippen LogP contribution >= 0.6 is 35.6 Å². The highest BCUT2D eigenvalue weighted by molar-refractivity contribution is 8.26. The van der Waals surface area contributed by atoms with E-state index in [2.05, 4.69) is 10.3 Å². The first kappa shape index (κ1) is 19.6. The number of thiocarbonyl (C=S) groups is 1. The normalized spacial score (nSPS) is 15.6. The average Bonchev–Trinajstić information content (AvgIpc) is 3.23. The molecule has 0 bridgehead atoms. The molecule has 1 saturated heterocycles. The minimum atomic E-state index is -0.265. The monoisotopic (exact) mass is 420 g/mol. The molecule has 1 aliphatic rings. The maximum atomic E-state index is 12.6. The van der Waals surface area contributed by atoms with Gasteiger partial charge >= 0.3 is 0 Å². The molecule has 1 N–H and O–H groups in total. The summed E-state index contributed by atoms with van der Waals surface area (Å²) in [5, 5.41) is 3.40. The maximum Gasteiger partial charge on any atom is 0.266 e. The van der Waals surface area contributed by atoms with Crippen molar-refractivity contribution in [1.82, 2.24) is 19.8 Å². The van der Waals surface area contributed by atoms with Gasteiger partial charge in [-0.3, -0.25) is 14.5 Å². The third-order valence-corrected chi connectivity index (χ3v) is 5.41. The van der Waals surface area contributed by atoms with Crippen molar-refractivity contribution < 1.29 is 9.59 Å². The fraction of sp³-hybridized carbons (Fsp3) is 0.222. The molecule has 2 aromatic rings. The van der Waals surface area contributed by atoms with Crippen LogP contribution in [0.5, 0.6) is 0 Å². The van der Waals surface area contributed by atoms with E-state index in [1.807, 2.05) is 22.9 Å². The molecule has 1 aromatic carbocycles. The van der Waals surface area contributed by atoms with E-state index in [0.29, 0.717) is 20.8 Å². The van der Waals surface area contributed by atoms with E-state index in [0.717, 1.165) is 18.5 Å². The van der Waals surface area contributed by atoms with E-state index in [4.69, 9.17) is 23.8 Å². The van der Waals surface area contributed by atoms with E-state index in [-0.39, 0.29) is 18.4 Å². The van der Waals surface area contributed by atoms with Gasteiger partial charge in [-0.05, 0) is 30.2 Å². The van der Waals surface area contributed by atoms with E-state index < -0.39 is 0 Å². The Kier molecular flexibility index (Phi) is 6.65. The van der Waals surface area contributed by atoms with E-state index >= 15 is 0 Å². The standard InChI is InChI=1S/C18H17ClN4O2S2/c19-14-4-1-3-13(9-14)10-15-17(25)23(18(26)27-15)11-16(24)21-5-2-7-22-8-6-20-12-22/h1,3-4,6,8-10,12H,2,5,7,11H2,(H,21,24)/b15-10-. The van der Waals surface area contributed by atoms with Crippen LogP contribution in [0.2, 0.25) is 5.02 Å². The van der Waals surface area contributed by atoms with Gasteiger partial charge in [0.1, 0.15) is 10.9 Å². The molecular weight excluding hydrogens is 404 g/mol. The highest BCUT2D eigenvalue weighted by Crippen LogP contribution is 2.32. The topological polar surface area (TPSA) is 67.2 Å². The summed E-state index contributed by atoms with van der Waals surface area (Å²) in [6.07, 6.45) is 7.82. The van der Waals surface area contributed by atoms with Gasteiger partial charge in [-0.1, -0.05) is 47.7 Å². The average molecular weight is 421 g/mol. The highest BCUT2D eigenvalue weighted by Gasteiger charge is 2.33. The van der Waals surface area contributed by atoms with Crippen molar-refractivity contribution in [2.24, 2.45) is 0 Å². The Morgan fingerprint density at radius 2 is 2.26 bits per heavy atom. The molecule has 140 valence electrons. The highest BCUT2D eigenvalue weighted by atomic mass is 35.5. The minimum absolute atomic E-state index is 0.0807. The molecule has 0 unspecified atom stereocenters. The lowest BCUT2D eigenvalue weighted by atomic mass is 10.2. The molecule has 1 aromatic heterocycles. The Morgan fingerprint density at radius 3 is 3.00 bits per heavy atom. The van der Waals surface area contributed by atoms with Gasteiger partial charge in [0, 0.05) is 30.5 Å². The van der Waals surface area contributed by atoms with Gasteiger partial charge in [-0.15, -0.1) is 0 Å². The SMILES string of the molecule is O=C(CN1C(=O)/C(=C/c2cccc(Cl)c2)SC1=S)NCCCn1ccnc1. The number of thioether (sulfide) groups is 1. The van der Waals surface area contributed by atoms with Crippen molar-refractivity contribution in [2.45, 2.75) is 13.0 Å². The van der Waals surface area contributed by atoms with Crippen molar-refractivity contribution in [3.8, 4) is 0 Å². The molecule has 9 heteroatoms. The number of amides is 2. The molecule has 6 nitrogen and oxygen atoms in total. The number of carbonyl (C=O) groups excluding carboxylic acids is 2. The number of hydrogen-bond acceptors (Lipinski definition) is 5. The first-order valence-electron chi connectivity index (χ1n) is 8.26. The molecule has 0 spiro atoms. The van der Waals surface area contributed by atoms with Crippen molar-refractivity contribution in [3.05, 3.63) is 58.5 Å². The van der Waals surface area contributed by atoms with Crippen LogP contribution < -0.4 is 5.32 Å². The number of carbonyl (C=O) groups is 2. The van der Waals surface area contributed by atoms with Gasteiger partial charge in [-0.2, -0.15) is 0 Å². The number of rotatable bonds is 7. The lowest BCUT2D eigenvalue weighted by Gasteiger charge is -2.14. The number of aromatic nitrogens is 2. The van der Waals surface area contributed by atoms with Gasteiger partial charge in [0.2, 0.25) is 5.91 Å². The van der Waals surface area contributed by atoms with Crippen LogP contribution in [0.3, 0.4) is 0 Å². The van der Waals surface area contributed by atoms with Crippen LogP contribution in [-0.2, 0) is 16.1 Å². The summed E-state index contributed by atoms with van der Waals surface area (Å²) in [4.78, 5) is 30.5. The summed E-state index contributed by atoms with van der Waals surface area (Å²) in [5.41, 5.74) is 0.812. The molecule has 0 saturated carbocycles. The van der Waals surface area contributed by atoms with E-state index in [1.54, 1.807) is 30.7 Å². The molecule has 2 heterocycles. The van der Waals surface area contributed by atoms with Crippen LogP contribution in [0, 0.1) is 0 Å². The van der Waals surface area contributed by atoms with Crippen LogP contribution in [0.15, 0.2) is 47.9 Å². The van der Waals surface area contributed by atoms with Crippen LogP contribution in [0.1, 0.15) is 12.0 Å². The Labute approximate surface area is 171 Å². The Morgan fingerprint density at radius 1 is 1.41 bits per heavy atom. The first-order chi connectivity index (χ1) is 13.0. The third-order valence-electron chi connectivity index (χ3n) is 3.80. The molecule has 0 radical (unpaired) electrons. The van der Waals surface area contributed by atoms with Crippen molar-refractivity contribution in [2.75, 3.05) is 13.1 Å². The van der Waals surface area contributed by atoms with Gasteiger partial charge < -0.3 is 9.88 Å². The molecule has 3 rings (SSSR count). The molecule has 0 aliphatic carbocycles. The maximum absolute atomic E-state index is 12.6. The minimum Gasteiger partial charge on any atom is -0.354 e. The number of nitrogens with one attached hydrogen (secondary N) is 1. The van der Waals surface area contributed by atoms with Crippen LogP contribution in [0.4, 0.5) is 0 Å². The first-order valence-corrected chi connectivity index (χ1v) is 9.86. The van der Waals surface area contributed by atoms with Gasteiger partial charge in [0.25, 0.3) is 5.91 Å². The smallest absolute Gasteiger partial charge is 0.266 e. The van der Waals surface area contributed by atoms with Gasteiger partial charge in [0.15, 0.2) is 0 Å². The molecular formula is C18H17ClN4O2S2. The van der Waals surface area contributed by atoms with E-state index in [1.165, 1.54) is 16.7 Å². The fourth-order valence-corrected chi connectivity index (χ4v) is 3.95. The third kappa shape index (κ3) is 5.41. The second-order valence-corrected chi connectivity index (χ2v) is 7.94. The lowest BCUT2D eigenvalue weighted by Crippen LogP contribution is -2.39. The zero-order valence-corrected chi connectivity index (χ0v) is 16.7. The summed E-state index contributed by atoms with van der Waals surface area (Å²) in [6, 6.07) is 7.19. The molecule has 1 fully saturated rings. The zero-order chi connectivity index (χ0) is 19.2. The molecule has 1 aliphatic heterocycles. The summed E-state index contributed by atoms with van der Waals surface area (Å²) in [6.45, 7) is 1.20. The van der Waals surface area contributed by atoms with Crippen LogP contribution in [-0.4, -0.2) is 43.7 Å². The molecule has 27 heavy (non-hydrogen) atoms. The summed E-state index contributed by atoms with van der Waals surface area (Å²) < 4.78 is 2.32. The van der Waals surface area contributed by atoms with Crippen molar-refractivity contribution in [1.29, 1.82) is 0 Å². The number of imidazole rings is 1. The lowest BCUT2D eigenvalue weighted by molar-refractivity contribution is -0.128. The van der Waals surface area contributed by atoms with Gasteiger partial charge in [-0.25, -0.2) is 4.98 Å². The van der Waals surface area contributed by atoms with Crippen molar-refractivity contribution in [3.63, 3.8) is 0 Å². The second-order valence-electron chi connectivity index (χ2n) is 5.83. The second kappa shape index (κ2) is 9.16. The van der Waals surface area contributed by atoms with Gasteiger partial charge in [0.05, 0.1) is 11.2 Å². The number of nitrogens with zero attached hydrogens (tertiary/aromatic N) is 3. The molecule has 0 atom stereocenters. The summed E-state index contributed by atoms with van der Waals surface area (Å²) in [7, 11) is 0. The summed E-state index contributed by atoms with van der Waals surface area (Å²) in [5.74, 6) is -0.500. The van der Waals surface area contributed by atoms with Crippen molar-refractivity contribution >= 4 is 57.8 Å². The number of aryl methyl sites for hydroxylation is 1. The number of halogens is 1. The Bertz CT molecular complexity index is 883. The summed E-state index contributed by atoms with van der Waals surface area (Å²) >= 11 is 12.4. The van der Waals surface area contributed by atoms with Crippen LogP contribution in [0.25, 0.3) is 6.08 Å². The van der Waals surface area contributed by atoms with E-state index in [9.17, 15) is 9.59 Å². The largest absolute Gasteiger partial charge is 0.354 e. The quantitative estimate of drug-likeness (QED) is 0.423. The number of benzene rings is 1. The molecule has 2 amide bonds.